The molecule has 0 aliphatic rings. The first-order chi connectivity index (χ1) is 9.61. The van der Waals surface area contributed by atoms with E-state index in [0.717, 1.165) is 5.56 Å². The molecule has 0 spiro atoms. The number of esters is 1. The molecule has 0 saturated heterocycles. The maximum atomic E-state index is 11.6. The van der Waals surface area contributed by atoms with Crippen LogP contribution in [0, 0.1) is 0 Å². The SMILES string of the molecule is COC(=O)c1ccccc1NCc1ccc(O)c(Cl)c1. The molecule has 0 amide bonds. The van der Waals surface area contributed by atoms with Crippen LogP contribution in [0.5, 0.6) is 5.75 Å². The number of phenols is 1. The third-order valence-electron chi connectivity index (χ3n) is 2.83. The van der Waals surface area contributed by atoms with E-state index in [2.05, 4.69) is 5.32 Å². The van der Waals surface area contributed by atoms with Crippen molar-refractivity contribution >= 4 is 23.3 Å². The molecule has 104 valence electrons. The molecule has 0 radical (unpaired) electrons. The van der Waals surface area contributed by atoms with Crippen LogP contribution in [-0.2, 0) is 11.3 Å². The van der Waals surface area contributed by atoms with Gasteiger partial charge in [-0.25, -0.2) is 4.79 Å². The number of carbonyl (C=O) groups excluding carboxylic acids is 1. The Labute approximate surface area is 122 Å². The number of hydrogen-bond donors (Lipinski definition) is 2. The Morgan fingerprint density at radius 2 is 2.05 bits per heavy atom. The van der Waals surface area contributed by atoms with Gasteiger partial charge in [-0.3, -0.25) is 0 Å². The summed E-state index contributed by atoms with van der Waals surface area (Å²) in [6.45, 7) is 0.480. The molecule has 0 bridgehead atoms. The Balaban J connectivity index is 2.14. The molecule has 0 unspecified atom stereocenters. The van der Waals surface area contributed by atoms with Gasteiger partial charge in [0.05, 0.1) is 17.7 Å². The van der Waals surface area contributed by atoms with Crippen LogP contribution in [0.3, 0.4) is 0 Å². The average Bonchev–Trinajstić information content (AvgIpc) is 2.48. The minimum Gasteiger partial charge on any atom is -0.506 e. The van der Waals surface area contributed by atoms with Crippen LogP contribution < -0.4 is 5.32 Å². The summed E-state index contributed by atoms with van der Waals surface area (Å²) in [7, 11) is 1.35. The number of phenolic OH excluding ortho intramolecular Hbond substituents is 1. The van der Waals surface area contributed by atoms with Crippen LogP contribution in [0.4, 0.5) is 5.69 Å². The van der Waals surface area contributed by atoms with E-state index in [1.807, 2.05) is 6.07 Å². The Hall–Kier alpha value is -2.20. The van der Waals surface area contributed by atoms with Crippen LogP contribution in [0.2, 0.25) is 5.02 Å². The molecule has 0 heterocycles. The second-order valence-electron chi connectivity index (χ2n) is 4.18. The van der Waals surface area contributed by atoms with Gasteiger partial charge < -0.3 is 15.2 Å². The highest BCUT2D eigenvalue weighted by Crippen LogP contribution is 2.24. The third kappa shape index (κ3) is 3.22. The largest absolute Gasteiger partial charge is 0.506 e. The number of carbonyl (C=O) groups is 1. The minimum absolute atomic E-state index is 0.0466. The van der Waals surface area contributed by atoms with E-state index in [1.165, 1.54) is 13.2 Å². The average molecular weight is 292 g/mol. The normalized spacial score (nSPS) is 10.1. The van der Waals surface area contributed by atoms with E-state index in [1.54, 1.807) is 30.3 Å². The number of nitrogens with one attached hydrogen (secondary N) is 1. The predicted octanol–water partition coefficient (Wildman–Crippen LogP) is 3.44. The number of para-hydroxylation sites is 1. The highest BCUT2D eigenvalue weighted by Gasteiger charge is 2.10. The zero-order valence-electron chi connectivity index (χ0n) is 10.9. The number of methoxy groups -OCH3 is 1. The van der Waals surface area contributed by atoms with E-state index in [-0.39, 0.29) is 5.75 Å². The van der Waals surface area contributed by atoms with Crippen molar-refractivity contribution in [3.05, 3.63) is 58.6 Å². The van der Waals surface area contributed by atoms with Gasteiger partial charge in [0.15, 0.2) is 0 Å². The Morgan fingerprint density at radius 3 is 2.75 bits per heavy atom. The highest BCUT2D eigenvalue weighted by molar-refractivity contribution is 6.32. The van der Waals surface area contributed by atoms with Crippen molar-refractivity contribution in [2.75, 3.05) is 12.4 Å². The fourth-order valence-electron chi connectivity index (χ4n) is 1.78. The van der Waals surface area contributed by atoms with Gasteiger partial charge in [-0.05, 0) is 29.8 Å². The molecule has 20 heavy (non-hydrogen) atoms. The van der Waals surface area contributed by atoms with Crippen LogP contribution in [0.15, 0.2) is 42.5 Å². The van der Waals surface area contributed by atoms with Gasteiger partial charge >= 0.3 is 5.97 Å². The minimum atomic E-state index is -0.392. The molecule has 2 aromatic carbocycles. The highest BCUT2D eigenvalue weighted by atomic mass is 35.5. The van der Waals surface area contributed by atoms with Gasteiger partial charge in [-0.2, -0.15) is 0 Å². The molecule has 0 atom stereocenters. The van der Waals surface area contributed by atoms with E-state index in [4.69, 9.17) is 16.3 Å². The molecular formula is C15H14ClNO3. The van der Waals surface area contributed by atoms with Crippen molar-refractivity contribution in [3.8, 4) is 5.75 Å². The first-order valence-corrected chi connectivity index (χ1v) is 6.38. The molecule has 0 aliphatic heterocycles. The molecule has 2 rings (SSSR count). The van der Waals surface area contributed by atoms with Crippen LogP contribution >= 0.6 is 11.6 Å². The van der Waals surface area contributed by atoms with Crippen molar-refractivity contribution in [2.24, 2.45) is 0 Å². The predicted molar refractivity (Wildman–Crippen MR) is 78.2 cm³/mol. The second-order valence-corrected chi connectivity index (χ2v) is 4.58. The number of aromatic hydroxyl groups is 1. The standard InChI is InChI=1S/C15H14ClNO3/c1-20-15(19)11-4-2-3-5-13(11)17-9-10-6-7-14(18)12(16)8-10/h2-8,17-18H,9H2,1H3. The monoisotopic (exact) mass is 291 g/mol. The third-order valence-corrected chi connectivity index (χ3v) is 3.13. The van der Waals surface area contributed by atoms with Gasteiger partial charge in [0.2, 0.25) is 0 Å². The molecule has 2 N–H and O–H groups in total. The summed E-state index contributed by atoms with van der Waals surface area (Å²) >= 11 is 5.85. The van der Waals surface area contributed by atoms with Crippen LogP contribution in [-0.4, -0.2) is 18.2 Å². The summed E-state index contributed by atoms with van der Waals surface area (Å²) in [5.74, 6) is -0.345. The lowest BCUT2D eigenvalue weighted by molar-refractivity contribution is 0.0602. The Morgan fingerprint density at radius 1 is 1.30 bits per heavy atom. The number of hydrogen-bond acceptors (Lipinski definition) is 4. The number of ether oxygens (including phenoxy) is 1. The fraction of sp³-hybridized carbons (Fsp3) is 0.133. The first-order valence-electron chi connectivity index (χ1n) is 6.00. The lowest BCUT2D eigenvalue weighted by Crippen LogP contribution is -2.08. The number of benzene rings is 2. The lowest BCUT2D eigenvalue weighted by atomic mass is 10.1. The smallest absolute Gasteiger partial charge is 0.339 e. The Kier molecular flexibility index (Phi) is 4.48. The van der Waals surface area contributed by atoms with Crippen molar-refractivity contribution in [3.63, 3.8) is 0 Å². The van der Waals surface area contributed by atoms with Gasteiger partial charge in [0.1, 0.15) is 5.75 Å². The van der Waals surface area contributed by atoms with Crippen molar-refractivity contribution in [1.82, 2.24) is 0 Å². The molecule has 0 fully saturated rings. The summed E-state index contributed by atoms with van der Waals surface area (Å²) in [5, 5.41) is 12.8. The lowest BCUT2D eigenvalue weighted by Gasteiger charge is -2.11. The molecule has 5 heteroatoms. The van der Waals surface area contributed by atoms with E-state index >= 15 is 0 Å². The number of halogens is 1. The maximum Gasteiger partial charge on any atom is 0.339 e. The second kappa shape index (κ2) is 6.30. The van der Waals surface area contributed by atoms with Crippen LogP contribution in [0.1, 0.15) is 15.9 Å². The van der Waals surface area contributed by atoms with Crippen molar-refractivity contribution in [1.29, 1.82) is 0 Å². The van der Waals surface area contributed by atoms with Crippen molar-refractivity contribution in [2.45, 2.75) is 6.54 Å². The number of rotatable bonds is 4. The maximum absolute atomic E-state index is 11.6. The van der Waals surface area contributed by atoms with Gasteiger partial charge in [-0.15, -0.1) is 0 Å². The summed E-state index contributed by atoms with van der Waals surface area (Å²) in [4.78, 5) is 11.6. The zero-order chi connectivity index (χ0) is 14.5. The van der Waals surface area contributed by atoms with E-state index in [9.17, 15) is 9.90 Å². The first kappa shape index (κ1) is 14.2. The van der Waals surface area contributed by atoms with Crippen LogP contribution in [0.25, 0.3) is 0 Å². The zero-order valence-corrected chi connectivity index (χ0v) is 11.6. The summed E-state index contributed by atoms with van der Waals surface area (Å²) in [5.41, 5.74) is 2.05. The molecular weight excluding hydrogens is 278 g/mol. The fourth-order valence-corrected chi connectivity index (χ4v) is 1.99. The molecule has 0 saturated carbocycles. The topological polar surface area (TPSA) is 58.6 Å². The quantitative estimate of drug-likeness (QED) is 0.847. The molecule has 4 nitrogen and oxygen atoms in total. The van der Waals surface area contributed by atoms with E-state index < -0.39 is 5.97 Å². The number of anilines is 1. The summed E-state index contributed by atoms with van der Waals surface area (Å²) in [6, 6.07) is 12.1. The molecule has 2 aromatic rings. The van der Waals surface area contributed by atoms with E-state index in [0.29, 0.717) is 22.8 Å². The van der Waals surface area contributed by atoms with Gasteiger partial charge in [-0.1, -0.05) is 29.8 Å². The van der Waals surface area contributed by atoms with Gasteiger partial charge in [0.25, 0.3) is 0 Å². The van der Waals surface area contributed by atoms with Gasteiger partial charge in [0, 0.05) is 12.2 Å². The molecule has 0 aliphatic carbocycles. The summed E-state index contributed by atoms with van der Waals surface area (Å²) in [6.07, 6.45) is 0. The Bertz CT molecular complexity index is 628. The van der Waals surface area contributed by atoms with Crippen molar-refractivity contribution < 1.29 is 14.6 Å². The summed E-state index contributed by atoms with van der Waals surface area (Å²) < 4.78 is 4.73. The molecule has 0 aromatic heterocycles.